The molecule has 2 aromatic rings. The summed E-state index contributed by atoms with van der Waals surface area (Å²) in [5.41, 5.74) is 7.51. The average molecular weight is 337 g/mol. The van der Waals surface area contributed by atoms with Crippen LogP contribution in [0.15, 0.2) is 59.5 Å². The number of nitrogens with zero attached hydrogens (tertiary/aromatic N) is 1. The zero-order valence-corrected chi connectivity index (χ0v) is 14.8. The molecule has 2 N–H and O–H groups in total. The van der Waals surface area contributed by atoms with Gasteiger partial charge in [-0.15, -0.1) is 11.8 Å². The lowest BCUT2D eigenvalue weighted by atomic mass is 10.1. The van der Waals surface area contributed by atoms with Crippen molar-refractivity contribution >= 4 is 17.4 Å². The Labute approximate surface area is 149 Å². The topological polar surface area (TPSA) is 29.3 Å². The third kappa shape index (κ3) is 5.33. The van der Waals surface area contributed by atoms with Gasteiger partial charge in [0.15, 0.2) is 0 Å². The lowest BCUT2D eigenvalue weighted by Gasteiger charge is -2.31. The van der Waals surface area contributed by atoms with Gasteiger partial charge in [0.05, 0.1) is 0 Å². The molecule has 2 aromatic carbocycles. The maximum atomic E-state index is 5.68. The predicted octanol–water partition coefficient (Wildman–Crippen LogP) is 4.27. The Morgan fingerprint density at radius 3 is 2.42 bits per heavy atom. The van der Waals surface area contributed by atoms with Crippen molar-refractivity contribution in [3.63, 3.8) is 0 Å². The molecule has 0 aliphatic carbocycles. The fourth-order valence-corrected chi connectivity index (χ4v) is 4.03. The number of thioether (sulfide) groups is 1. The number of benzene rings is 2. The van der Waals surface area contributed by atoms with Crippen LogP contribution in [0.4, 0.5) is 5.69 Å². The Bertz CT molecular complexity index is 677. The van der Waals surface area contributed by atoms with E-state index in [1.54, 1.807) is 0 Å². The fourth-order valence-electron chi connectivity index (χ4n) is 2.89. The van der Waals surface area contributed by atoms with Crippen LogP contribution in [-0.4, -0.2) is 29.8 Å². The second-order valence-electron chi connectivity index (χ2n) is 6.15. The molecule has 1 aliphatic heterocycles. The van der Waals surface area contributed by atoms with Crippen LogP contribution in [0, 0.1) is 11.8 Å². The van der Waals surface area contributed by atoms with Crippen LogP contribution in [0.2, 0.25) is 0 Å². The van der Waals surface area contributed by atoms with E-state index in [-0.39, 0.29) is 0 Å². The number of nitrogen functional groups attached to an aromatic ring is 1. The molecule has 1 heterocycles. The molecule has 3 heteroatoms. The molecule has 0 aromatic heterocycles. The number of hydrogen-bond acceptors (Lipinski definition) is 3. The largest absolute Gasteiger partial charge is 0.399 e. The molecule has 1 saturated heterocycles. The third-order valence-corrected chi connectivity index (χ3v) is 5.63. The van der Waals surface area contributed by atoms with Gasteiger partial charge in [-0.3, -0.25) is 0 Å². The summed E-state index contributed by atoms with van der Waals surface area (Å²) >= 11 is 2.03. The van der Waals surface area contributed by atoms with Gasteiger partial charge in [-0.25, -0.2) is 0 Å². The number of piperidine rings is 1. The Morgan fingerprint density at radius 1 is 1.00 bits per heavy atom. The van der Waals surface area contributed by atoms with Gasteiger partial charge < -0.3 is 10.6 Å². The summed E-state index contributed by atoms with van der Waals surface area (Å²) in [5.74, 6) is 6.50. The van der Waals surface area contributed by atoms with Crippen LogP contribution in [0.5, 0.6) is 0 Å². The van der Waals surface area contributed by atoms with Crippen molar-refractivity contribution in [2.45, 2.75) is 29.4 Å². The van der Waals surface area contributed by atoms with Gasteiger partial charge in [-0.05, 0) is 62.3 Å². The van der Waals surface area contributed by atoms with E-state index >= 15 is 0 Å². The van der Waals surface area contributed by atoms with E-state index < -0.39 is 0 Å². The SMILES string of the molecule is Nc1ccc(C#CCCN2CCC(Sc3ccccc3)CC2)cc1. The smallest absolute Gasteiger partial charge is 0.0314 e. The van der Waals surface area contributed by atoms with E-state index in [0.717, 1.165) is 29.5 Å². The predicted molar refractivity (Wildman–Crippen MR) is 104 cm³/mol. The van der Waals surface area contributed by atoms with Crippen molar-refractivity contribution in [3.05, 3.63) is 60.2 Å². The lowest BCUT2D eigenvalue weighted by molar-refractivity contribution is 0.238. The number of likely N-dealkylation sites (tertiary alicyclic amines) is 1. The lowest BCUT2D eigenvalue weighted by Crippen LogP contribution is -2.35. The minimum Gasteiger partial charge on any atom is -0.399 e. The van der Waals surface area contributed by atoms with Gasteiger partial charge in [0, 0.05) is 34.4 Å². The molecule has 0 atom stereocenters. The zero-order chi connectivity index (χ0) is 16.6. The van der Waals surface area contributed by atoms with Crippen molar-refractivity contribution in [2.24, 2.45) is 0 Å². The van der Waals surface area contributed by atoms with Crippen molar-refractivity contribution in [1.82, 2.24) is 4.90 Å². The number of rotatable bonds is 4. The molecule has 0 amide bonds. The summed E-state index contributed by atoms with van der Waals surface area (Å²) < 4.78 is 0. The number of hydrogen-bond donors (Lipinski definition) is 1. The fraction of sp³-hybridized carbons (Fsp3) is 0.333. The van der Waals surface area contributed by atoms with E-state index in [1.807, 2.05) is 36.0 Å². The van der Waals surface area contributed by atoms with Crippen LogP contribution >= 0.6 is 11.8 Å². The summed E-state index contributed by atoms with van der Waals surface area (Å²) in [4.78, 5) is 3.94. The number of anilines is 1. The third-order valence-electron chi connectivity index (χ3n) is 4.28. The minimum absolute atomic E-state index is 0.754. The Balaban J connectivity index is 1.37. The monoisotopic (exact) mass is 336 g/mol. The highest BCUT2D eigenvalue weighted by molar-refractivity contribution is 8.00. The minimum atomic E-state index is 0.754. The molecule has 0 radical (unpaired) electrons. The Kier molecular flexibility index (Phi) is 6.23. The summed E-state index contributed by atoms with van der Waals surface area (Å²) in [5, 5.41) is 0.754. The van der Waals surface area contributed by atoms with Gasteiger partial charge in [-0.1, -0.05) is 30.0 Å². The highest BCUT2D eigenvalue weighted by Gasteiger charge is 2.19. The molecule has 2 nitrogen and oxygen atoms in total. The van der Waals surface area contributed by atoms with Gasteiger partial charge in [0.2, 0.25) is 0 Å². The molecule has 3 rings (SSSR count). The van der Waals surface area contributed by atoms with E-state index in [9.17, 15) is 0 Å². The van der Waals surface area contributed by atoms with Crippen molar-refractivity contribution in [3.8, 4) is 11.8 Å². The first kappa shape index (κ1) is 17.0. The van der Waals surface area contributed by atoms with Gasteiger partial charge in [0.25, 0.3) is 0 Å². The standard InChI is InChI=1S/C21H24N2S/c22-19-11-9-18(10-12-19)6-4-5-15-23-16-13-21(14-17-23)24-20-7-2-1-3-8-20/h1-3,7-12,21H,5,13-17,22H2. The molecule has 0 spiro atoms. The van der Waals surface area contributed by atoms with Crippen LogP contribution in [0.25, 0.3) is 0 Å². The van der Waals surface area contributed by atoms with E-state index in [1.165, 1.54) is 30.8 Å². The molecule has 0 unspecified atom stereocenters. The molecule has 0 bridgehead atoms. The van der Waals surface area contributed by atoms with Gasteiger partial charge in [-0.2, -0.15) is 0 Å². The molecule has 1 fully saturated rings. The zero-order valence-electron chi connectivity index (χ0n) is 13.9. The van der Waals surface area contributed by atoms with Crippen molar-refractivity contribution < 1.29 is 0 Å². The number of nitrogens with two attached hydrogens (primary N) is 1. The normalized spacial score (nSPS) is 15.7. The Morgan fingerprint density at radius 2 is 1.71 bits per heavy atom. The summed E-state index contributed by atoms with van der Waals surface area (Å²) in [6, 6.07) is 18.5. The highest BCUT2D eigenvalue weighted by atomic mass is 32.2. The van der Waals surface area contributed by atoms with Crippen molar-refractivity contribution in [2.75, 3.05) is 25.4 Å². The van der Waals surface area contributed by atoms with Crippen LogP contribution in [0.1, 0.15) is 24.8 Å². The van der Waals surface area contributed by atoms with Gasteiger partial charge >= 0.3 is 0 Å². The maximum absolute atomic E-state index is 5.68. The molecule has 24 heavy (non-hydrogen) atoms. The second kappa shape index (κ2) is 8.82. The Hall–Kier alpha value is -1.89. The van der Waals surface area contributed by atoms with E-state index in [2.05, 4.69) is 47.1 Å². The molecule has 0 saturated carbocycles. The molecule has 124 valence electrons. The first-order chi connectivity index (χ1) is 11.8. The highest BCUT2D eigenvalue weighted by Crippen LogP contribution is 2.30. The average Bonchev–Trinajstić information content (AvgIpc) is 2.62. The van der Waals surface area contributed by atoms with Crippen LogP contribution in [-0.2, 0) is 0 Å². The van der Waals surface area contributed by atoms with E-state index in [4.69, 9.17) is 5.73 Å². The molecular formula is C21H24N2S. The van der Waals surface area contributed by atoms with Crippen LogP contribution in [0.3, 0.4) is 0 Å². The molecular weight excluding hydrogens is 312 g/mol. The van der Waals surface area contributed by atoms with Gasteiger partial charge in [0.1, 0.15) is 0 Å². The first-order valence-corrected chi connectivity index (χ1v) is 9.46. The first-order valence-electron chi connectivity index (χ1n) is 8.58. The van der Waals surface area contributed by atoms with Crippen LogP contribution < -0.4 is 5.73 Å². The van der Waals surface area contributed by atoms with E-state index in [0.29, 0.717) is 0 Å². The summed E-state index contributed by atoms with van der Waals surface area (Å²) in [6.07, 6.45) is 3.47. The molecule has 1 aliphatic rings. The second-order valence-corrected chi connectivity index (χ2v) is 7.52. The quantitative estimate of drug-likeness (QED) is 0.668. The maximum Gasteiger partial charge on any atom is 0.0314 e. The summed E-state index contributed by atoms with van der Waals surface area (Å²) in [7, 11) is 0. The van der Waals surface area contributed by atoms with Crippen molar-refractivity contribution in [1.29, 1.82) is 0 Å². The summed E-state index contributed by atoms with van der Waals surface area (Å²) in [6.45, 7) is 3.45.